The van der Waals surface area contributed by atoms with Crippen LogP contribution < -0.4 is 0 Å². The summed E-state index contributed by atoms with van der Waals surface area (Å²) in [4.78, 5) is 11.6. The number of ether oxygens (including phenoxy) is 7. The SMILES string of the molecule is C=C1[C@@H](O)C2O[C@@]3(CCC2O[C@@H]1[C@@H](O)C[C@H](C)[C@H]1O[C@@]2(CCCCO2)CC[C@H]1C)CC[C@H](/C=C/[C@@H](C)C1CC(C)=C[C@]2(CC[C@H](O)[C@H](C[C@@](C)(O)C(=O)O)O2)O1)O3. The van der Waals surface area contributed by atoms with Gasteiger partial charge in [0.25, 0.3) is 0 Å². The zero-order valence-corrected chi connectivity index (χ0v) is 34.6. The Morgan fingerprint density at radius 2 is 1.75 bits per heavy atom. The lowest BCUT2D eigenvalue weighted by Crippen LogP contribution is -2.60. The monoisotopic (exact) mass is 804 g/mol. The Morgan fingerprint density at radius 1 is 1.00 bits per heavy atom. The summed E-state index contributed by atoms with van der Waals surface area (Å²) in [5.41, 5.74) is -0.555. The molecule has 6 saturated heterocycles. The van der Waals surface area contributed by atoms with E-state index in [1.54, 1.807) is 0 Å². The van der Waals surface area contributed by atoms with Gasteiger partial charge in [-0.15, -0.1) is 0 Å². The first-order chi connectivity index (χ1) is 26.9. The highest BCUT2D eigenvalue weighted by molar-refractivity contribution is 5.76. The molecule has 3 spiro atoms. The van der Waals surface area contributed by atoms with Gasteiger partial charge in [-0.05, 0) is 88.7 Å². The molecule has 0 aromatic carbocycles. The van der Waals surface area contributed by atoms with Crippen molar-refractivity contribution in [3.05, 3.63) is 36.0 Å². The summed E-state index contributed by atoms with van der Waals surface area (Å²) in [6.45, 7) is 14.5. The minimum absolute atomic E-state index is 0.0316. The van der Waals surface area contributed by atoms with Crippen LogP contribution in [0.1, 0.15) is 125 Å². The molecule has 0 saturated carbocycles. The first kappa shape index (κ1) is 43.3. The number of carboxylic acid groups (broad SMARTS) is 1. The number of carbonyl (C=O) groups is 1. The molecule has 0 aromatic rings. The van der Waals surface area contributed by atoms with E-state index in [-0.39, 0.29) is 36.6 Å². The van der Waals surface area contributed by atoms with E-state index < -0.39 is 71.7 Å². The topological polar surface area (TPSA) is 183 Å². The summed E-state index contributed by atoms with van der Waals surface area (Å²) in [5, 5.41) is 53.6. The average molecular weight is 805 g/mol. The molecule has 7 aliphatic rings. The number of fused-ring (bicyclic) bond motifs is 1. The van der Waals surface area contributed by atoms with Gasteiger partial charge in [-0.3, -0.25) is 0 Å². The van der Waals surface area contributed by atoms with Crippen LogP contribution in [0.4, 0.5) is 0 Å². The van der Waals surface area contributed by atoms with Crippen LogP contribution in [0.3, 0.4) is 0 Å². The fourth-order valence-corrected chi connectivity index (χ4v) is 10.5. The maximum atomic E-state index is 11.6. The molecule has 13 heteroatoms. The van der Waals surface area contributed by atoms with Crippen molar-refractivity contribution in [1.29, 1.82) is 0 Å². The molecule has 17 atom stereocenters. The fourth-order valence-electron chi connectivity index (χ4n) is 10.5. The largest absolute Gasteiger partial charge is 0.479 e. The van der Waals surface area contributed by atoms with E-state index in [4.69, 9.17) is 33.2 Å². The smallest absolute Gasteiger partial charge is 0.335 e. The van der Waals surface area contributed by atoms with Crippen LogP contribution in [-0.4, -0.2) is 122 Å². The molecule has 0 aromatic heterocycles. The summed E-state index contributed by atoms with van der Waals surface area (Å²) < 4.78 is 45.3. The molecule has 5 N–H and O–H groups in total. The molecule has 7 rings (SSSR count). The van der Waals surface area contributed by atoms with Gasteiger partial charge >= 0.3 is 5.97 Å². The molecular weight excluding hydrogens is 736 g/mol. The van der Waals surface area contributed by atoms with E-state index in [9.17, 15) is 30.3 Å². The Balaban J connectivity index is 0.916. The molecule has 13 nitrogen and oxygen atoms in total. The molecule has 7 heterocycles. The second-order valence-corrected chi connectivity index (χ2v) is 18.9. The van der Waals surface area contributed by atoms with Gasteiger partial charge in [0.15, 0.2) is 23.0 Å². The third-order valence-corrected chi connectivity index (χ3v) is 14.0. The summed E-state index contributed by atoms with van der Waals surface area (Å²) in [5.74, 6) is -3.49. The van der Waals surface area contributed by atoms with Crippen LogP contribution in [0.2, 0.25) is 0 Å². The average Bonchev–Trinajstić information content (AvgIpc) is 3.56. The van der Waals surface area contributed by atoms with E-state index in [0.717, 1.165) is 50.7 Å². The Hall–Kier alpha value is -1.75. The van der Waals surface area contributed by atoms with E-state index in [1.165, 1.54) is 6.92 Å². The van der Waals surface area contributed by atoms with Gasteiger partial charge in [0.05, 0.1) is 49.3 Å². The Bertz CT molecular complexity index is 1510. The first-order valence-electron chi connectivity index (χ1n) is 21.7. The van der Waals surface area contributed by atoms with E-state index in [2.05, 4.69) is 39.5 Å². The van der Waals surface area contributed by atoms with Crippen LogP contribution in [0.15, 0.2) is 36.0 Å². The van der Waals surface area contributed by atoms with Crippen LogP contribution >= 0.6 is 0 Å². The van der Waals surface area contributed by atoms with Gasteiger partial charge < -0.3 is 58.7 Å². The van der Waals surface area contributed by atoms with Gasteiger partial charge in [-0.2, -0.15) is 0 Å². The van der Waals surface area contributed by atoms with Gasteiger partial charge in [0.1, 0.15) is 18.3 Å². The van der Waals surface area contributed by atoms with Crippen molar-refractivity contribution >= 4 is 5.97 Å². The molecule has 0 aliphatic carbocycles. The highest BCUT2D eigenvalue weighted by Crippen LogP contribution is 2.47. The van der Waals surface area contributed by atoms with Crippen molar-refractivity contribution in [2.45, 2.75) is 209 Å². The van der Waals surface area contributed by atoms with Crippen molar-refractivity contribution in [2.75, 3.05) is 6.61 Å². The van der Waals surface area contributed by atoms with Crippen molar-refractivity contribution < 1.29 is 63.5 Å². The standard InChI is InChI=1S/C44H68O13/c1-25-21-34(54-44(23-25)18-13-31(45)35(55-44)24-41(6,50)40(48)49)26(2)9-10-30-12-17-43(53-30)19-14-33-39(57-43)36(47)29(5)38(52-33)32(46)22-28(4)37-27(3)11-16-42(56-37)15-7-8-20-51-42/h9-10,23,26-28,30-39,45-47,50H,5,7-8,11-22,24H2,1-4,6H3,(H,48,49)/b10-9+/t26-,27-,28+,30+,31+,32+,33?,34?,35+,36-,37+,38+,39?,41-,42+,43-,44-/m1/s1. The van der Waals surface area contributed by atoms with Gasteiger partial charge in [-0.1, -0.05) is 45.1 Å². The summed E-state index contributed by atoms with van der Waals surface area (Å²) in [6.07, 6.45) is 9.36. The van der Waals surface area contributed by atoms with Crippen LogP contribution in [0.5, 0.6) is 0 Å². The Kier molecular flexibility index (Phi) is 12.9. The molecule has 3 unspecified atom stereocenters. The zero-order chi connectivity index (χ0) is 40.9. The van der Waals surface area contributed by atoms with Crippen molar-refractivity contribution in [3.63, 3.8) is 0 Å². The normalized spacial score (nSPS) is 45.4. The maximum Gasteiger partial charge on any atom is 0.335 e. The van der Waals surface area contributed by atoms with Gasteiger partial charge in [0.2, 0.25) is 0 Å². The first-order valence-corrected chi connectivity index (χ1v) is 21.7. The molecular formula is C44H68O13. The number of aliphatic hydroxyl groups excluding tert-OH is 3. The molecule has 0 amide bonds. The molecule has 0 radical (unpaired) electrons. The summed E-state index contributed by atoms with van der Waals surface area (Å²) in [7, 11) is 0. The predicted octanol–water partition coefficient (Wildman–Crippen LogP) is 5.21. The maximum absolute atomic E-state index is 11.6. The Labute approximate surface area is 337 Å². The lowest BCUT2D eigenvalue weighted by molar-refractivity contribution is -0.320. The van der Waals surface area contributed by atoms with Crippen molar-refractivity contribution in [1.82, 2.24) is 0 Å². The molecule has 6 fully saturated rings. The number of hydrogen-bond acceptors (Lipinski definition) is 12. The van der Waals surface area contributed by atoms with E-state index in [1.807, 2.05) is 13.0 Å². The third-order valence-electron chi connectivity index (χ3n) is 14.0. The van der Waals surface area contributed by atoms with Crippen molar-refractivity contribution in [3.8, 4) is 0 Å². The molecule has 322 valence electrons. The van der Waals surface area contributed by atoms with Crippen LogP contribution in [0, 0.1) is 17.8 Å². The van der Waals surface area contributed by atoms with E-state index in [0.29, 0.717) is 56.4 Å². The molecule has 7 aliphatic heterocycles. The lowest BCUT2D eigenvalue weighted by Gasteiger charge is -2.50. The Morgan fingerprint density at radius 3 is 2.49 bits per heavy atom. The minimum atomic E-state index is -2.05. The summed E-state index contributed by atoms with van der Waals surface area (Å²) in [6, 6.07) is 0. The highest BCUT2D eigenvalue weighted by atomic mass is 16.7. The van der Waals surface area contributed by atoms with E-state index >= 15 is 0 Å². The quantitative estimate of drug-likeness (QED) is 0.182. The number of carboxylic acids is 1. The third kappa shape index (κ3) is 9.29. The minimum Gasteiger partial charge on any atom is -0.479 e. The number of aliphatic hydroxyl groups is 4. The highest BCUT2D eigenvalue weighted by Gasteiger charge is 2.54. The number of hydrogen-bond donors (Lipinski definition) is 5. The predicted molar refractivity (Wildman–Crippen MR) is 208 cm³/mol. The zero-order valence-electron chi connectivity index (χ0n) is 34.6. The second-order valence-electron chi connectivity index (χ2n) is 18.9. The summed E-state index contributed by atoms with van der Waals surface area (Å²) >= 11 is 0. The van der Waals surface area contributed by atoms with Gasteiger partial charge in [0, 0.05) is 44.4 Å². The lowest BCUT2D eigenvalue weighted by atomic mass is 9.79. The van der Waals surface area contributed by atoms with Crippen LogP contribution in [-0.2, 0) is 38.0 Å². The van der Waals surface area contributed by atoms with Crippen molar-refractivity contribution in [2.24, 2.45) is 17.8 Å². The number of aliphatic carboxylic acids is 1. The fraction of sp³-hybridized carbons (Fsp3) is 0.841. The second kappa shape index (κ2) is 17.0. The molecule has 57 heavy (non-hydrogen) atoms. The molecule has 0 bridgehead atoms. The van der Waals surface area contributed by atoms with Crippen LogP contribution in [0.25, 0.3) is 0 Å². The van der Waals surface area contributed by atoms with Gasteiger partial charge in [-0.25, -0.2) is 4.79 Å². The number of rotatable bonds is 10.